The minimum absolute atomic E-state index is 0.150. The number of carbonyl (C=O) groups excluding carboxylic acids is 3. The van der Waals surface area contributed by atoms with E-state index >= 15 is 0 Å². The third kappa shape index (κ3) is 7.73. The number of amides is 3. The molecule has 7 N–H and O–H groups in total. The van der Waals surface area contributed by atoms with Crippen LogP contribution >= 0.6 is 11.8 Å². The molecule has 34 heavy (non-hydrogen) atoms. The lowest BCUT2D eigenvalue weighted by Gasteiger charge is -2.28. The highest BCUT2D eigenvalue weighted by atomic mass is 32.2. The van der Waals surface area contributed by atoms with Gasteiger partial charge in [0.05, 0.1) is 18.8 Å². The van der Waals surface area contributed by atoms with Gasteiger partial charge in [0.15, 0.2) is 0 Å². The van der Waals surface area contributed by atoms with E-state index in [0.29, 0.717) is 17.9 Å². The number of H-pyrrole nitrogens is 1. The van der Waals surface area contributed by atoms with Gasteiger partial charge in [0.2, 0.25) is 17.7 Å². The van der Waals surface area contributed by atoms with Gasteiger partial charge in [-0.05, 0) is 31.3 Å². The van der Waals surface area contributed by atoms with Crippen molar-refractivity contribution in [1.29, 1.82) is 0 Å². The van der Waals surface area contributed by atoms with Gasteiger partial charge >= 0.3 is 11.9 Å². The molecule has 0 aliphatic carbocycles. The first-order chi connectivity index (χ1) is 16.1. The Labute approximate surface area is 200 Å². The predicted octanol–water partition coefficient (Wildman–Crippen LogP) is -1.45. The van der Waals surface area contributed by atoms with E-state index in [-0.39, 0.29) is 25.8 Å². The van der Waals surface area contributed by atoms with Crippen LogP contribution < -0.4 is 16.4 Å². The Morgan fingerprint density at radius 3 is 2.53 bits per heavy atom. The third-order valence-electron chi connectivity index (χ3n) is 5.39. The Balaban J connectivity index is 2.11. The van der Waals surface area contributed by atoms with Crippen LogP contribution in [0.5, 0.6) is 0 Å². The summed E-state index contributed by atoms with van der Waals surface area (Å²) in [6.45, 7) is 0.150. The maximum Gasteiger partial charge on any atom is 0.326 e. The first kappa shape index (κ1) is 27.1. The molecule has 1 aromatic rings. The summed E-state index contributed by atoms with van der Waals surface area (Å²) >= 11 is 1.44. The number of nitrogens with zero attached hydrogens (tertiary/aromatic N) is 2. The number of likely N-dealkylation sites (tertiary alicyclic amines) is 1. The van der Waals surface area contributed by atoms with Crippen LogP contribution in [-0.4, -0.2) is 97.5 Å². The van der Waals surface area contributed by atoms with Gasteiger partial charge in [-0.25, -0.2) is 9.78 Å². The molecule has 14 heteroatoms. The predicted molar refractivity (Wildman–Crippen MR) is 122 cm³/mol. The molecule has 2 rings (SSSR count). The van der Waals surface area contributed by atoms with Crippen LogP contribution in [0.3, 0.4) is 0 Å². The molecule has 1 aliphatic heterocycles. The van der Waals surface area contributed by atoms with Crippen LogP contribution in [0.15, 0.2) is 12.5 Å². The largest absolute Gasteiger partial charge is 0.481 e. The van der Waals surface area contributed by atoms with E-state index in [9.17, 15) is 34.2 Å². The van der Waals surface area contributed by atoms with Crippen LogP contribution in [0.2, 0.25) is 0 Å². The van der Waals surface area contributed by atoms with Crippen molar-refractivity contribution in [2.24, 2.45) is 5.73 Å². The molecular formula is C20H30N6O7S. The fourth-order valence-electron chi connectivity index (χ4n) is 3.64. The normalized spacial score (nSPS) is 18.1. The molecule has 1 aliphatic rings. The molecule has 1 fully saturated rings. The molecule has 13 nitrogen and oxygen atoms in total. The van der Waals surface area contributed by atoms with Crippen LogP contribution in [0.4, 0.5) is 0 Å². The lowest BCUT2D eigenvalue weighted by molar-refractivity contribution is -0.150. The number of hydrogen-bond acceptors (Lipinski definition) is 8. The van der Waals surface area contributed by atoms with Crippen molar-refractivity contribution in [2.75, 3.05) is 18.6 Å². The molecule has 0 saturated carbocycles. The van der Waals surface area contributed by atoms with E-state index in [2.05, 4.69) is 20.6 Å². The van der Waals surface area contributed by atoms with Gasteiger partial charge in [-0.1, -0.05) is 0 Å². The van der Waals surface area contributed by atoms with Crippen molar-refractivity contribution >= 4 is 41.4 Å². The molecule has 0 bridgehead atoms. The highest BCUT2D eigenvalue weighted by Gasteiger charge is 2.39. The summed E-state index contributed by atoms with van der Waals surface area (Å²) in [5.41, 5.74) is 6.57. The summed E-state index contributed by atoms with van der Waals surface area (Å²) in [6.07, 6.45) is 5.14. The molecule has 2 heterocycles. The molecule has 0 radical (unpaired) electrons. The van der Waals surface area contributed by atoms with Gasteiger partial charge in [-0.3, -0.25) is 19.2 Å². The number of aromatic nitrogens is 2. The van der Waals surface area contributed by atoms with Crippen LogP contribution in [0.25, 0.3) is 0 Å². The summed E-state index contributed by atoms with van der Waals surface area (Å²) < 4.78 is 0. The van der Waals surface area contributed by atoms with Gasteiger partial charge in [0.25, 0.3) is 0 Å². The fraction of sp³-hybridized carbons (Fsp3) is 0.600. The number of aromatic amines is 1. The lowest BCUT2D eigenvalue weighted by Crippen LogP contribution is -2.57. The highest BCUT2D eigenvalue weighted by Crippen LogP contribution is 2.19. The zero-order chi connectivity index (χ0) is 25.3. The average molecular weight is 499 g/mol. The second kappa shape index (κ2) is 12.9. The van der Waals surface area contributed by atoms with Crippen LogP contribution in [-0.2, 0) is 30.4 Å². The Morgan fingerprint density at radius 2 is 1.94 bits per heavy atom. The number of imidazole rings is 1. The molecule has 188 valence electrons. The van der Waals surface area contributed by atoms with E-state index in [4.69, 9.17) is 5.73 Å². The van der Waals surface area contributed by atoms with E-state index in [1.54, 1.807) is 0 Å². The van der Waals surface area contributed by atoms with Crippen molar-refractivity contribution in [3.8, 4) is 0 Å². The number of hydrogen-bond donors (Lipinski definition) is 6. The van der Waals surface area contributed by atoms with Crippen LogP contribution in [0.1, 0.15) is 31.4 Å². The smallest absolute Gasteiger partial charge is 0.326 e. The molecular weight excluding hydrogens is 468 g/mol. The van der Waals surface area contributed by atoms with Gasteiger partial charge < -0.3 is 36.5 Å². The Kier molecular flexibility index (Phi) is 10.3. The Bertz CT molecular complexity index is 881. The van der Waals surface area contributed by atoms with Crippen molar-refractivity contribution in [2.45, 2.75) is 56.3 Å². The maximum absolute atomic E-state index is 13.0. The van der Waals surface area contributed by atoms with Gasteiger partial charge in [-0.2, -0.15) is 11.8 Å². The first-order valence-corrected chi connectivity index (χ1v) is 12.1. The van der Waals surface area contributed by atoms with E-state index in [1.165, 1.54) is 24.3 Å². The summed E-state index contributed by atoms with van der Waals surface area (Å²) in [5, 5.41) is 23.6. The van der Waals surface area contributed by atoms with Crippen molar-refractivity contribution in [3.63, 3.8) is 0 Å². The second-order valence-corrected chi connectivity index (χ2v) is 8.90. The zero-order valence-corrected chi connectivity index (χ0v) is 19.5. The number of carbonyl (C=O) groups is 5. The Morgan fingerprint density at radius 1 is 1.24 bits per heavy atom. The molecule has 4 atom stereocenters. The van der Waals surface area contributed by atoms with Crippen molar-refractivity contribution < 1.29 is 34.2 Å². The number of rotatable bonds is 13. The lowest BCUT2D eigenvalue weighted by atomic mass is 10.1. The molecule has 1 saturated heterocycles. The highest BCUT2D eigenvalue weighted by molar-refractivity contribution is 7.98. The number of aliphatic carboxylic acids is 2. The van der Waals surface area contributed by atoms with Gasteiger partial charge in [0, 0.05) is 24.9 Å². The number of nitrogens with one attached hydrogen (secondary N) is 3. The molecule has 3 amide bonds. The number of nitrogens with two attached hydrogens (primary N) is 1. The zero-order valence-electron chi connectivity index (χ0n) is 18.7. The summed E-state index contributed by atoms with van der Waals surface area (Å²) in [4.78, 5) is 69.1. The first-order valence-electron chi connectivity index (χ1n) is 10.7. The Hall–Kier alpha value is -3.13. The SMILES string of the molecule is CSCCC(NC(=O)C(N)Cc1cnc[nH]1)C(=O)NC(CC(=O)O)C(=O)N1CCCC1C(=O)O. The number of carboxylic acid groups (broad SMARTS) is 2. The van der Waals surface area contributed by atoms with Gasteiger partial charge in [0.1, 0.15) is 18.1 Å². The number of carboxylic acids is 2. The van der Waals surface area contributed by atoms with E-state index < -0.39 is 60.2 Å². The molecule has 0 aromatic carbocycles. The number of thioether (sulfide) groups is 1. The van der Waals surface area contributed by atoms with E-state index in [1.807, 2.05) is 6.26 Å². The minimum Gasteiger partial charge on any atom is -0.481 e. The van der Waals surface area contributed by atoms with Crippen molar-refractivity contribution in [1.82, 2.24) is 25.5 Å². The summed E-state index contributed by atoms with van der Waals surface area (Å²) in [6, 6.07) is -4.58. The van der Waals surface area contributed by atoms with E-state index in [0.717, 1.165) is 4.90 Å². The summed E-state index contributed by atoms with van der Waals surface area (Å²) in [5.74, 6) is -4.16. The second-order valence-electron chi connectivity index (χ2n) is 7.92. The molecule has 0 spiro atoms. The monoisotopic (exact) mass is 498 g/mol. The van der Waals surface area contributed by atoms with Gasteiger partial charge in [-0.15, -0.1) is 0 Å². The molecule has 1 aromatic heterocycles. The fourth-order valence-corrected chi connectivity index (χ4v) is 4.12. The maximum atomic E-state index is 13.0. The average Bonchev–Trinajstić information content (AvgIpc) is 3.47. The minimum atomic E-state index is -1.47. The topological polar surface area (TPSA) is 208 Å². The standard InChI is InChI=1S/C20H30N6O7S/c1-34-6-4-13(24-17(29)12(21)7-11-9-22-10-23-11)18(30)25-14(8-16(27)28)19(31)26-5-2-3-15(26)20(32)33/h9-10,12-15H,2-8,21H2,1H3,(H,22,23)(H,24,29)(H,25,30)(H,27,28)(H,32,33). The quantitative estimate of drug-likeness (QED) is 0.186. The third-order valence-corrected chi connectivity index (χ3v) is 6.03. The summed E-state index contributed by atoms with van der Waals surface area (Å²) in [7, 11) is 0. The van der Waals surface area contributed by atoms with Crippen molar-refractivity contribution in [3.05, 3.63) is 18.2 Å². The molecule has 4 unspecified atom stereocenters. The van der Waals surface area contributed by atoms with Crippen LogP contribution in [0, 0.1) is 0 Å².